The molecule has 22 nitrogen and oxygen atoms in total. The number of nitrogens with zero attached hydrogens (tertiary/aromatic N) is 12. The van der Waals surface area contributed by atoms with Gasteiger partial charge in [-0.1, -0.05) is 34.8 Å². The van der Waals surface area contributed by atoms with Crippen LogP contribution in [0.5, 0.6) is 17.2 Å². The molecule has 3 aromatic carbocycles. The van der Waals surface area contributed by atoms with Gasteiger partial charge in [0, 0.05) is 54.3 Å². The van der Waals surface area contributed by atoms with E-state index in [-0.39, 0.29) is 21.8 Å². The Kier molecular flexibility index (Phi) is 24.5. The summed E-state index contributed by atoms with van der Waals surface area (Å²) in [6.45, 7) is 6.75. The van der Waals surface area contributed by atoms with Crippen LogP contribution in [0.2, 0.25) is 30.9 Å². The molecule has 5 heterocycles. The summed E-state index contributed by atoms with van der Waals surface area (Å²) in [5, 5.41) is 17.4. The third-order valence-electron chi connectivity index (χ3n) is 13.5. The fraction of sp³-hybridized carbons (Fsp3) is 0.500. The van der Waals surface area contributed by atoms with E-state index in [1.807, 2.05) is 18.2 Å². The first-order chi connectivity index (χ1) is 39.3. The maximum atomic E-state index is 6.26. The molecule has 0 spiro atoms. The molecule has 2 saturated heterocycles. The number of benzene rings is 3. The molecule has 5 aliphatic rings. The van der Waals surface area contributed by atoms with Crippen LogP contribution >= 0.6 is 69.6 Å². The fourth-order valence-electron chi connectivity index (χ4n) is 8.13. The SMILES string of the molecule is CC(N)C1CCN(C)CC1.COc1ccc(Nc2nc(Cl)nc(Cl)n2)cc1Cl.COc1ccc(Nc2nc(Cl)nc(NC3CC3)n2)cc1Cl.COc1ccc(Nc2nc(NC3CC3)nc(N(C)C3CCN(C)CC3)n2)cc1Cl.NC1CC1. The maximum Gasteiger partial charge on any atom is 0.233 e. The molecule has 3 aliphatic carbocycles. The summed E-state index contributed by atoms with van der Waals surface area (Å²) in [6, 6.07) is 18.3. The zero-order valence-electron chi connectivity index (χ0n) is 47.1. The Morgan fingerprint density at radius 2 is 0.841 bits per heavy atom. The number of methoxy groups -OCH3 is 3. The molecule has 444 valence electrons. The standard InChI is InChI=1S/C20H28ClN7O.C13H13Cl2N5O.C10H7Cl3N4O.C8H18N2.C3H7N/c1-27-10-8-15(9-11-27)28(2)20-25-18(22-13-4-5-13)24-19(26-20)23-14-6-7-17(29-3)16(21)12-14;1-21-10-5-4-8(6-9(10)14)17-13-19-11(15)18-12(20-13)16-7-2-3-7;1-18-7-3-2-5(4-6(7)11)14-10-16-8(12)15-9(13)17-10;1-7(9)8-3-5-10(2)6-4-8;4-3-1-2-3/h6-7,12-13,15H,4-5,8-11H2,1-3H3,(H2,22,23,24,25,26);4-7H,2-3H2,1H3,(H2,16,17,18,19,20);2-4H,1H3,(H,14,15,16,17);7-8H,3-6,9H2,1-2H3;3H,1-2,4H2. The smallest absolute Gasteiger partial charge is 0.233 e. The molecule has 9 N–H and O–H groups in total. The molecule has 28 heteroatoms. The molecule has 2 aliphatic heterocycles. The topological polar surface area (TPSA) is 266 Å². The molecule has 6 aromatic rings. The van der Waals surface area contributed by atoms with E-state index in [4.69, 9.17) is 95.3 Å². The van der Waals surface area contributed by atoms with Crippen LogP contribution in [0.1, 0.15) is 71.1 Å². The van der Waals surface area contributed by atoms with Gasteiger partial charge in [0.2, 0.25) is 51.5 Å². The summed E-state index contributed by atoms with van der Waals surface area (Å²) in [5.74, 6) is 5.45. The van der Waals surface area contributed by atoms with Crippen molar-refractivity contribution < 1.29 is 14.2 Å². The number of halogens is 6. The zero-order chi connectivity index (χ0) is 58.9. The molecule has 1 atom stereocenters. The number of hydrogen-bond acceptors (Lipinski definition) is 22. The second-order valence-electron chi connectivity index (χ2n) is 20.5. The van der Waals surface area contributed by atoms with E-state index in [2.05, 4.69) is 114 Å². The van der Waals surface area contributed by atoms with Crippen LogP contribution in [-0.4, -0.2) is 154 Å². The number of likely N-dealkylation sites (tertiary alicyclic amines) is 2. The second-order valence-corrected chi connectivity index (χ2v) is 22.7. The third-order valence-corrected chi connectivity index (χ3v) is 14.9. The van der Waals surface area contributed by atoms with Crippen LogP contribution in [-0.2, 0) is 0 Å². The summed E-state index contributed by atoms with van der Waals surface area (Å²) in [6.07, 6.45) is 11.9. The quantitative estimate of drug-likeness (QED) is 0.0475. The molecule has 11 rings (SSSR count). The van der Waals surface area contributed by atoms with Gasteiger partial charge in [0.1, 0.15) is 17.2 Å². The molecule has 3 saturated carbocycles. The highest BCUT2D eigenvalue weighted by atomic mass is 35.5. The van der Waals surface area contributed by atoms with Crippen molar-refractivity contribution in [2.24, 2.45) is 17.4 Å². The largest absolute Gasteiger partial charge is 0.495 e. The Morgan fingerprint density at radius 3 is 1.21 bits per heavy atom. The van der Waals surface area contributed by atoms with E-state index in [0.717, 1.165) is 68.9 Å². The van der Waals surface area contributed by atoms with Crippen LogP contribution in [0.15, 0.2) is 54.6 Å². The number of hydrogen-bond donors (Lipinski definition) is 7. The number of rotatable bonds is 16. The molecular weight excluding hydrogens is 1180 g/mol. The molecule has 0 radical (unpaired) electrons. The highest BCUT2D eigenvalue weighted by molar-refractivity contribution is 6.33. The maximum absolute atomic E-state index is 6.26. The average Bonchev–Trinajstić information content (AvgIpc) is 4.43. The number of nitrogens with one attached hydrogen (secondary N) is 5. The van der Waals surface area contributed by atoms with Gasteiger partial charge >= 0.3 is 0 Å². The van der Waals surface area contributed by atoms with Gasteiger partial charge in [-0.3, -0.25) is 0 Å². The Hall–Kier alpha value is -5.53. The number of nitrogens with two attached hydrogens (primary N) is 2. The van der Waals surface area contributed by atoms with Crippen molar-refractivity contribution in [3.63, 3.8) is 0 Å². The molecular formula is C54H73Cl6N19O3. The van der Waals surface area contributed by atoms with Gasteiger partial charge in [0.15, 0.2) is 0 Å². The first-order valence-corrected chi connectivity index (χ1v) is 29.3. The third kappa shape index (κ3) is 21.6. The van der Waals surface area contributed by atoms with Gasteiger partial charge in [-0.15, -0.1) is 0 Å². The predicted octanol–water partition coefficient (Wildman–Crippen LogP) is 11.3. The molecule has 3 aromatic heterocycles. The first kappa shape index (κ1) is 64.0. The van der Waals surface area contributed by atoms with Crippen molar-refractivity contribution in [2.45, 2.75) is 101 Å². The lowest BCUT2D eigenvalue weighted by Crippen LogP contribution is -2.42. The van der Waals surface area contributed by atoms with E-state index < -0.39 is 0 Å². The van der Waals surface area contributed by atoms with Crippen LogP contribution in [0.4, 0.5) is 52.8 Å². The van der Waals surface area contributed by atoms with Gasteiger partial charge < -0.3 is 67.0 Å². The Balaban J connectivity index is 0.000000161. The van der Waals surface area contributed by atoms with Gasteiger partial charge in [0.05, 0.1) is 36.4 Å². The monoisotopic (exact) mass is 1250 g/mol. The summed E-state index contributed by atoms with van der Waals surface area (Å²) in [7, 11) is 11.1. The minimum Gasteiger partial charge on any atom is -0.495 e. The molecule has 0 bridgehead atoms. The summed E-state index contributed by atoms with van der Waals surface area (Å²) in [5.41, 5.74) is 13.2. The molecule has 82 heavy (non-hydrogen) atoms. The van der Waals surface area contributed by atoms with Crippen LogP contribution < -0.4 is 57.2 Å². The van der Waals surface area contributed by atoms with Crippen molar-refractivity contribution in [1.29, 1.82) is 0 Å². The van der Waals surface area contributed by atoms with Crippen molar-refractivity contribution in [3.8, 4) is 17.2 Å². The molecule has 1 unspecified atom stereocenters. The second kappa shape index (κ2) is 31.4. The number of anilines is 9. The van der Waals surface area contributed by atoms with Gasteiger partial charge in [-0.25, -0.2) is 0 Å². The lowest BCUT2D eigenvalue weighted by atomic mass is 9.91. The van der Waals surface area contributed by atoms with Crippen LogP contribution in [0.25, 0.3) is 0 Å². The number of ether oxygens (including phenoxy) is 3. The fourth-order valence-corrected chi connectivity index (χ4v) is 9.43. The Bertz CT molecular complexity index is 2960. The Morgan fingerprint density at radius 1 is 0.500 bits per heavy atom. The lowest BCUT2D eigenvalue weighted by Gasteiger charge is -2.35. The summed E-state index contributed by atoms with van der Waals surface area (Å²) in [4.78, 5) is 44.6. The van der Waals surface area contributed by atoms with Gasteiger partial charge in [-0.2, -0.15) is 44.9 Å². The predicted molar refractivity (Wildman–Crippen MR) is 332 cm³/mol. The van der Waals surface area contributed by atoms with Crippen LogP contribution in [0.3, 0.4) is 0 Å². The van der Waals surface area contributed by atoms with E-state index in [9.17, 15) is 0 Å². The van der Waals surface area contributed by atoms with Gasteiger partial charge in [-0.05, 0) is 207 Å². The zero-order valence-corrected chi connectivity index (χ0v) is 51.6. The van der Waals surface area contributed by atoms with E-state index in [1.54, 1.807) is 57.7 Å². The highest BCUT2D eigenvalue weighted by Gasteiger charge is 2.27. The lowest BCUT2D eigenvalue weighted by molar-refractivity contribution is 0.203. The minimum absolute atomic E-state index is 0.0112. The molecule has 0 amide bonds. The molecule has 5 fully saturated rings. The van der Waals surface area contributed by atoms with Crippen molar-refractivity contribution in [1.82, 2.24) is 54.7 Å². The normalized spacial score (nSPS) is 16.6. The van der Waals surface area contributed by atoms with Crippen molar-refractivity contribution in [2.75, 3.05) is 100 Å². The van der Waals surface area contributed by atoms with Crippen molar-refractivity contribution in [3.05, 3.63) is 85.5 Å². The Labute approximate surface area is 509 Å². The average molecular weight is 1250 g/mol. The van der Waals surface area contributed by atoms with Crippen LogP contribution in [0, 0.1) is 5.92 Å². The summed E-state index contributed by atoms with van der Waals surface area (Å²) < 4.78 is 15.4. The number of piperidine rings is 2. The van der Waals surface area contributed by atoms with E-state index >= 15 is 0 Å². The highest BCUT2D eigenvalue weighted by Crippen LogP contribution is 2.33. The minimum atomic E-state index is 0.0112. The van der Waals surface area contributed by atoms with Gasteiger partial charge in [0.25, 0.3) is 0 Å². The van der Waals surface area contributed by atoms with E-state index in [1.165, 1.54) is 38.8 Å². The first-order valence-electron chi connectivity index (χ1n) is 27.0. The van der Waals surface area contributed by atoms with E-state index in [0.29, 0.717) is 98.0 Å². The number of aromatic nitrogens is 9. The summed E-state index contributed by atoms with van der Waals surface area (Å²) >= 11 is 35.6. The van der Waals surface area contributed by atoms with Crippen molar-refractivity contribution >= 4 is 122 Å².